The van der Waals surface area contributed by atoms with Crippen LogP contribution >= 0.6 is 11.3 Å². The highest BCUT2D eigenvalue weighted by Crippen LogP contribution is 2.28. The zero-order chi connectivity index (χ0) is 20.1. The Balaban J connectivity index is 1.44. The molecule has 1 unspecified atom stereocenters. The molecule has 0 bridgehead atoms. The number of piperazine rings is 1. The number of nitrogens with zero attached hydrogens (tertiary/aromatic N) is 6. The van der Waals surface area contributed by atoms with E-state index >= 15 is 0 Å². The van der Waals surface area contributed by atoms with Crippen molar-refractivity contribution in [3.05, 3.63) is 52.5 Å². The van der Waals surface area contributed by atoms with Crippen LogP contribution in [0.5, 0.6) is 5.75 Å². The molecule has 0 saturated carbocycles. The lowest BCUT2D eigenvalue weighted by molar-refractivity contribution is 0.164. The summed E-state index contributed by atoms with van der Waals surface area (Å²) in [5.41, 5.74) is 1.25. The van der Waals surface area contributed by atoms with E-state index in [2.05, 4.69) is 61.9 Å². The molecule has 29 heavy (non-hydrogen) atoms. The standard InChI is InChI=1S/C21H28N6OS/c1-3-5-20(21-22-23-24-27(21)16-19-6-4-15-29-19)26-13-11-25(12-14-26)17-7-9-18(28-2)10-8-17/h4,6-10,15,20H,3,5,11-14,16H2,1-2H3. The Kier molecular flexibility index (Phi) is 6.41. The first-order chi connectivity index (χ1) is 14.3. The Morgan fingerprint density at radius 3 is 2.55 bits per heavy atom. The summed E-state index contributed by atoms with van der Waals surface area (Å²) >= 11 is 1.75. The summed E-state index contributed by atoms with van der Waals surface area (Å²) in [5, 5.41) is 14.8. The van der Waals surface area contributed by atoms with Gasteiger partial charge < -0.3 is 9.64 Å². The summed E-state index contributed by atoms with van der Waals surface area (Å²) in [6, 6.07) is 12.8. The summed E-state index contributed by atoms with van der Waals surface area (Å²) in [5.74, 6) is 1.88. The fourth-order valence-corrected chi connectivity index (χ4v) is 4.63. The number of anilines is 1. The number of methoxy groups -OCH3 is 1. The summed E-state index contributed by atoms with van der Waals surface area (Å²) in [7, 11) is 1.70. The maximum Gasteiger partial charge on any atom is 0.168 e. The van der Waals surface area contributed by atoms with Crippen molar-refractivity contribution in [2.45, 2.75) is 32.4 Å². The van der Waals surface area contributed by atoms with Crippen molar-refractivity contribution < 1.29 is 4.74 Å². The van der Waals surface area contributed by atoms with Crippen molar-refractivity contribution in [3.8, 4) is 5.75 Å². The van der Waals surface area contributed by atoms with Crippen LogP contribution in [0.1, 0.15) is 36.5 Å². The fourth-order valence-electron chi connectivity index (χ4n) is 3.95. The van der Waals surface area contributed by atoms with E-state index in [0.717, 1.165) is 57.1 Å². The molecule has 3 aromatic rings. The SMILES string of the molecule is CCCC(c1nnnn1Cc1cccs1)N1CCN(c2ccc(OC)cc2)CC1. The minimum Gasteiger partial charge on any atom is -0.497 e. The zero-order valence-electron chi connectivity index (χ0n) is 17.1. The van der Waals surface area contributed by atoms with E-state index in [-0.39, 0.29) is 6.04 Å². The van der Waals surface area contributed by atoms with Crippen molar-refractivity contribution >= 4 is 17.0 Å². The lowest BCUT2D eigenvalue weighted by Crippen LogP contribution is -2.48. The van der Waals surface area contributed by atoms with Crippen LogP contribution in [0.3, 0.4) is 0 Å². The van der Waals surface area contributed by atoms with Gasteiger partial charge in [-0.1, -0.05) is 19.4 Å². The van der Waals surface area contributed by atoms with Crippen LogP contribution in [-0.2, 0) is 6.54 Å². The number of benzene rings is 1. The number of rotatable bonds is 8. The van der Waals surface area contributed by atoms with E-state index in [1.165, 1.54) is 10.6 Å². The molecular formula is C21H28N6OS. The van der Waals surface area contributed by atoms with E-state index in [1.807, 2.05) is 16.8 Å². The molecule has 1 atom stereocenters. The van der Waals surface area contributed by atoms with Gasteiger partial charge in [-0.05, 0) is 52.6 Å². The molecule has 7 nitrogen and oxygen atoms in total. The van der Waals surface area contributed by atoms with Gasteiger partial charge in [-0.2, -0.15) is 0 Å². The third kappa shape index (κ3) is 4.59. The molecule has 8 heteroatoms. The minimum atomic E-state index is 0.257. The molecule has 4 rings (SSSR count). The molecule has 1 aromatic carbocycles. The molecule has 1 aliphatic rings. The van der Waals surface area contributed by atoms with Crippen LogP contribution in [0.4, 0.5) is 5.69 Å². The minimum absolute atomic E-state index is 0.257. The number of aromatic nitrogens is 4. The first-order valence-electron chi connectivity index (χ1n) is 10.2. The van der Waals surface area contributed by atoms with Gasteiger partial charge in [0.15, 0.2) is 5.82 Å². The summed E-state index contributed by atoms with van der Waals surface area (Å²) in [6.07, 6.45) is 2.17. The molecule has 154 valence electrons. The molecular weight excluding hydrogens is 384 g/mol. The van der Waals surface area contributed by atoms with E-state index in [1.54, 1.807) is 18.4 Å². The van der Waals surface area contributed by atoms with Crippen molar-refractivity contribution in [2.75, 3.05) is 38.2 Å². The molecule has 0 amide bonds. The topological polar surface area (TPSA) is 59.3 Å². The summed E-state index contributed by atoms with van der Waals surface area (Å²) in [6.45, 7) is 6.98. The van der Waals surface area contributed by atoms with Gasteiger partial charge in [0.25, 0.3) is 0 Å². The lowest BCUT2D eigenvalue weighted by atomic mass is 10.1. The molecule has 2 aromatic heterocycles. The number of hydrogen-bond acceptors (Lipinski definition) is 7. The van der Waals surface area contributed by atoms with Crippen LogP contribution in [0.2, 0.25) is 0 Å². The predicted molar refractivity (Wildman–Crippen MR) is 116 cm³/mol. The number of ether oxygens (including phenoxy) is 1. The van der Waals surface area contributed by atoms with Crippen molar-refractivity contribution in [3.63, 3.8) is 0 Å². The quantitative estimate of drug-likeness (QED) is 0.565. The second-order valence-corrected chi connectivity index (χ2v) is 8.33. The first kappa shape index (κ1) is 19.8. The summed E-state index contributed by atoms with van der Waals surface area (Å²) < 4.78 is 7.25. The van der Waals surface area contributed by atoms with E-state index < -0.39 is 0 Å². The molecule has 1 saturated heterocycles. The van der Waals surface area contributed by atoms with Crippen molar-refractivity contribution in [1.29, 1.82) is 0 Å². The van der Waals surface area contributed by atoms with Crippen molar-refractivity contribution in [2.24, 2.45) is 0 Å². The normalized spacial score (nSPS) is 16.1. The average Bonchev–Trinajstić information content (AvgIpc) is 3.45. The van der Waals surface area contributed by atoms with Crippen LogP contribution in [0, 0.1) is 0 Å². The predicted octanol–water partition coefficient (Wildman–Crippen LogP) is 3.45. The molecule has 1 aliphatic heterocycles. The van der Waals surface area contributed by atoms with E-state index in [4.69, 9.17) is 4.74 Å². The average molecular weight is 413 g/mol. The van der Waals surface area contributed by atoms with Crippen LogP contribution in [-0.4, -0.2) is 58.4 Å². The van der Waals surface area contributed by atoms with E-state index in [9.17, 15) is 0 Å². The second-order valence-electron chi connectivity index (χ2n) is 7.30. The lowest BCUT2D eigenvalue weighted by Gasteiger charge is -2.39. The molecule has 0 N–H and O–H groups in total. The molecule has 0 aliphatic carbocycles. The highest BCUT2D eigenvalue weighted by Gasteiger charge is 2.28. The third-order valence-corrected chi connectivity index (χ3v) is 6.36. The van der Waals surface area contributed by atoms with Gasteiger partial charge in [-0.3, -0.25) is 4.90 Å². The number of thiophene rings is 1. The maximum atomic E-state index is 5.27. The van der Waals surface area contributed by atoms with Crippen LogP contribution in [0.15, 0.2) is 41.8 Å². The van der Waals surface area contributed by atoms with Crippen LogP contribution in [0.25, 0.3) is 0 Å². The zero-order valence-corrected chi connectivity index (χ0v) is 17.9. The summed E-state index contributed by atoms with van der Waals surface area (Å²) in [4.78, 5) is 6.26. The van der Waals surface area contributed by atoms with Gasteiger partial charge >= 0.3 is 0 Å². The van der Waals surface area contributed by atoms with Gasteiger partial charge in [0, 0.05) is 36.7 Å². The Labute approximate surface area is 175 Å². The van der Waals surface area contributed by atoms with Gasteiger partial charge in [0.1, 0.15) is 5.75 Å². The molecule has 0 spiro atoms. The Morgan fingerprint density at radius 2 is 1.90 bits per heavy atom. The van der Waals surface area contributed by atoms with Gasteiger partial charge in [0.2, 0.25) is 0 Å². The number of tetrazole rings is 1. The maximum absolute atomic E-state index is 5.27. The van der Waals surface area contributed by atoms with Gasteiger partial charge in [0.05, 0.1) is 19.7 Å². The smallest absolute Gasteiger partial charge is 0.168 e. The van der Waals surface area contributed by atoms with Crippen molar-refractivity contribution in [1.82, 2.24) is 25.1 Å². The second kappa shape index (κ2) is 9.37. The Morgan fingerprint density at radius 1 is 1.10 bits per heavy atom. The van der Waals surface area contributed by atoms with Gasteiger partial charge in [-0.25, -0.2) is 4.68 Å². The Bertz CT molecular complexity index is 871. The highest BCUT2D eigenvalue weighted by molar-refractivity contribution is 7.09. The Hall–Kier alpha value is -2.45. The van der Waals surface area contributed by atoms with Gasteiger partial charge in [-0.15, -0.1) is 16.4 Å². The monoisotopic (exact) mass is 412 g/mol. The first-order valence-corrected chi connectivity index (χ1v) is 11.1. The molecule has 3 heterocycles. The largest absolute Gasteiger partial charge is 0.497 e. The fraction of sp³-hybridized carbons (Fsp3) is 0.476. The van der Waals surface area contributed by atoms with E-state index in [0.29, 0.717) is 0 Å². The number of hydrogen-bond donors (Lipinski definition) is 0. The molecule has 1 fully saturated rings. The molecule has 0 radical (unpaired) electrons. The highest BCUT2D eigenvalue weighted by atomic mass is 32.1. The third-order valence-electron chi connectivity index (χ3n) is 5.50. The van der Waals surface area contributed by atoms with Crippen LogP contribution < -0.4 is 9.64 Å².